The molecule has 0 radical (unpaired) electrons. The molecule has 0 amide bonds. The molecule has 0 aliphatic rings. The van der Waals surface area contributed by atoms with Gasteiger partial charge < -0.3 is 10.1 Å². The molecule has 0 aliphatic heterocycles. The first-order valence-electron chi connectivity index (χ1n) is 8.15. The summed E-state index contributed by atoms with van der Waals surface area (Å²) in [4.78, 5) is 8.67. The Labute approximate surface area is 149 Å². The molecule has 0 aliphatic carbocycles. The van der Waals surface area contributed by atoms with Crippen molar-refractivity contribution in [3.8, 4) is 17.0 Å². The van der Waals surface area contributed by atoms with Crippen molar-refractivity contribution in [2.24, 2.45) is 0 Å². The second kappa shape index (κ2) is 7.19. The highest BCUT2D eigenvalue weighted by atomic mass is 19.4. The second-order valence-corrected chi connectivity index (χ2v) is 5.80. The third-order valence-corrected chi connectivity index (χ3v) is 4.01. The van der Waals surface area contributed by atoms with Crippen LogP contribution in [0, 0.1) is 0 Å². The van der Waals surface area contributed by atoms with Crippen LogP contribution in [0.5, 0.6) is 5.88 Å². The van der Waals surface area contributed by atoms with E-state index >= 15 is 0 Å². The molecule has 0 saturated heterocycles. The maximum atomic E-state index is 12.5. The van der Waals surface area contributed by atoms with E-state index in [2.05, 4.69) is 22.2 Å². The zero-order valence-electron chi connectivity index (χ0n) is 14.4. The third kappa shape index (κ3) is 3.87. The van der Waals surface area contributed by atoms with Crippen molar-refractivity contribution in [2.75, 3.05) is 19.0 Å². The average molecular weight is 361 g/mol. The lowest BCUT2D eigenvalue weighted by Crippen LogP contribution is -2.21. The Morgan fingerprint density at radius 3 is 2.42 bits per heavy atom. The van der Waals surface area contributed by atoms with Gasteiger partial charge in [-0.2, -0.15) is 13.2 Å². The number of methoxy groups -OCH3 is 1. The summed E-state index contributed by atoms with van der Waals surface area (Å²) in [5.41, 5.74) is 3.22. The number of nitrogens with zero attached hydrogens (tertiary/aromatic N) is 2. The standard InChI is InChI=1S/C19H18F3N3O/c1-3-12-4-6-13(7-5-12)16-17-14(10-23-18(16)26-2)8-9-15(25-17)24-11-19(20,21)22/h4-10H,3,11H2,1-2H3,(H,24,25). The molecule has 26 heavy (non-hydrogen) atoms. The summed E-state index contributed by atoms with van der Waals surface area (Å²) in [5.74, 6) is 0.525. The first kappa shape index (κ1) is 18.0. The highest BCUT2D eigenvalue weighted by Crippen LogP contribution is 2.35. The summed E-state index contributed by atoms with van der Waals surface area (Å²) in [6, 6.07) is 11.1. The number of aryl methyl sites for hydroxylation is 1. The lowest BCUT2D eigenvalue weighted by atomic mass is 10.0. The molecule has 1 N–H and O–H groups in total. The van der Waals surface area contributed by atoms with Crippen molar-refractivity contribution in [1.29, 1.82) is 0 Å². The fourth-order valence-corrected chi connectivity index (χ4v) is 2.68. The number of aromatic nitrogens is 2. The quantitative estimate of drug-likeness (QED) is 0.706. The molecule has 0 fully saturated rings. The highest BCUT2D eigenvalue weighted by molar-refractivity contribution is 5.96. The lowest BCUT2D eigenvalue weighted by Gasteiger charge is -2.13. The minimum absolute atomic E-state index is 0.148. The van der Waals surface area contributed by atoms with E-state index in [9.17, 15) is 13.2 Å². The maximum absolute atomic E-state index is 12.5. The molecular weight excluding hydrogens is 343 g/mol. The predicted molar refractivity (Wildman–Crippen MR) is 95.4 cm³/mol. The third-order valence-electron chi connectivity index (χ3n) is 4.01. The number of anilines is 1. The topological polar surface area (TPSA) is 47.0 Å². The molecule has 4 nitrogen and oxygen atoms in total. The number of nitrogens with one attached hydrogen (secondary N) is 1. The van der Waals surface area contributed by atoms with Crippen molar-refractivity contribution in [3.63, 3.8) is 0 Å². The van der Waals surface area contributed by atoms with Crippen LogP contribution in [0.1, 0.15) is 12.5 Å². The largest absolute Gasteiger partial charge is 0.480 e. The SMILES string of the molecule is CCc1ccc(-c2c(OC)ncc3ccc(NCC(F)(F)F)nc23)cc1. The Kier molecular flexibility index (Phi) is 4.97. The number of ether oxygens (including phenoxy) is 1. The van der Waals surface area contributed by atoms with Crippen LogP contribution in [0.15, 0.2) is 42.6 Å². The van der Waals surface area contributed by atoms with Gasteiger partial charge in [-0.05, 0) is 29.7 Å². The van der Waals surface area contributed by atoms with Gasteiger partial charge >= 0.3 is 6.18 Å². The van der Waals surface area contributed by atoms with Gasteiger partial charge in [0.25, 0.3) is 0 Å². The molecular formula is C19H18F3N3O. The van der Waals surface area contributed by atoms with E-state index in [1.165, 1.54) is 18.7 Å². The molecule has 0 atom stereocenters. The zero-order chi connectivity index (χ0) is 18.7. The maximum Gasteiger partial charge on any atom is 0.405 e. The molecule has 3 aromatic rings. The molecule has 3 rings (SSSR count). The van der Waals surface area contributed by atoms with Crippen LogP contribution in [0.4, 0.5) is 19.0 Å². The van der Waals surface area contributed by atoms with Crippen LogP contribution in [-0.2, 0) is 6.42 Å². The van der Waals surface area contributed by atoms with E-state index in [0.717, 1.165) is 17.4 Å². The Hall–Kier alpha value is -2.83. The van der Waals surface area contributed by atoms with Gasteiger partial charge in [0.1, 0.15) is 12.4 Å². The molecule has 7 heteroatoms. The fourth-order valence-electron chi connectivity index (χ4n) is 2.68. The van der Waals surface area contributed by atoms with Crippen LogP contribution >= 0.6 is 0 Å². The molecule has 136 valence electrons. The number of halogens is 3. The molecule has 1 aromatic carbocycles. The minimum atomic E-state index is -4.31. The number of pyridine rings is 2. The Morgan fingerprint density at radius 1 is 1.08 bits per heavy atom. The van der Waals surface area contributed by atoms with Crippen molar-refractivity contribution >= 4 is 16.7 Å². The van der Waals surface area contributed by atoms with Crippen LogP contribution < -0.4 is 10.1 Å². The Balaban J connectivity index is 2.11. The zero-order valence-corrected chi connectivity index (χ0v) is 14.4. The van der Waals surface area contributed by atoms with E-state index in [4.69, 9.17) is 4.74 Å². The summed E-state index contributed by atoms with van der Waals surface area (Å²) in [6.07, 6.45) is -1.81. The molecule has 0 saturated carbocycles. The summed E-state index contributed by atoms with van der Waals surface area (Å²) in [5, 5.41) is 3.03. The van der Waals surface area contributed by atoms with Crippen molar-refractivity contribution < 1.29 is 17.9 Å². The highest BCUT2D eigenvalue weighted by Gasteiger charge is 2.27. The van der Waals surface area contributed by atoms with E-state index in [-0.39, 0.29) is 5.82 Å². The summed E-state index contributed by atoms with van der Waals surface area (Å²) in [6.45, 7) is 0.920. The predicted octanol–water partition coefficient (Wildman–Crippen LogP) is 4.84. The van der Waals surface area contributed by atoms with Gasteiger partial charge in [-0.15, -0.1) is 0 Å². The van der Waals surface area contributed by atoms with E-state index < -0.39 is 12.7 Å². The average Bonchev–Trinajstić information content (AvgIpc) is 2.64. The van der Waals surface area contributed by atoms with Gasteiger partial charge in [0.2, 0.25) is 5.88 Å². The van der Waals surface area contributed by atoms with Crippen LogP contribution in [0.2, 0.25) is 0 Å². The van der Waals surface area contributed by atoms with Crippen molar-refractivity contribution in [1.82, 2.24) is 9.97 Å². The first-order valence-corrected chi connectivity index (χ1v) is 8.15. The first-order chi connectivity index (χ1) is 12.4. The summed E-state index contributed by atoms with van der Waals surface area (Å²) in [7, 11) is 1.50. The number of rotatable bonds is 5. The molecule has 0 unspecified atom stereocenters. The van der Waals surface area contributed by atoms with E-state index in [1.807, 2.05) is 24.3 Å². The number of hydrogen-bond donors (Lipinski definition) is 1. The smallest absolute Gasteiger partial charge is 0.405 e. The van der Waals surface area contributed by atoms with Crippen LogP contribution in [0.25, 0.3) is 22.0 Å². The minimum Gasteiger partial charge on any atom is -0.480 e. The molecule has 0 spiro atoms. The van der Waals surface area contributed by atoms with Crippen LogP contribution in [-0.4, -0.2) is 29.8 Å². The van der Waals surface area contributed by atoms with Gasteiger partial charge in [0.05, 0.1) is 18.2 Å². The van der Waals surface area contributed by atoms with Gasteiger partial charge in [-0.3, -0.25) is 0 Å². The van der Waals surface area contributed by atoms with Gasteiger partial charge in [-0.25, -0.2) is 9.97 Å². The monoisotopic (exact) mass is 361 g/mol. The molecule has 2 heterocycles. The summed E-state index contributed by atoms with van der Waals surface area (Å²) < 4.78 is 42.8. The molecule has 2 aromatic heterocycles. The van der Waals surface area contributed by atoms with Gasteiger partial charge in [0.15, 0.2) is 0 Å². The Bertz CT molecular complexity index is 908. The summed E-state index contributed by atoms with van der Waals surface area (Å²) >= 11 is 0. The lowest BCUT2D eigenvalue weighted by molar-refractivity contribution is -0.115. The number of alkyl halides is 3. The fraction of sp³-hybridized carbons (Fsp3) is 0.263. The normalized spacial score (nSPS) is 11.6. The second-order valence-electron chi connectivity index (χ2n) is 5.80. The van der Waals surface area contributed by atoms with Gasteiger partial charge in [0, 0.05) is 11.6 Å². The number of benzene rings is 1. The number of hydrogen-bond acceptors (Lipinski definition) is 4. The van der Waals surface area contributed by atoms with Gasteiger partial charge in [-0.1, -0.05) is 31.2 Å². The Morgan fingerprint density at radius 2 is 1.81 bits per heavy atom. The van der Waals surface area contributed by atoms with E-state index in [1.54, 1.807) is 12.3 Å². The van der Waals surface area contributed by atoms with Crippen molar-refractivity contribution in [2.45, 2.75) is 19.5 Å². The number of fused-ring (bicyclic) bond motifs is 1. The van der Waals surface area contributed by atoms with E-state index in [0.29, 0.717) is 17.0 Å². The van der Waals surface area contributed by atoms with Crippen LogP contribution in [0.3, 0.4) is 0 Å². The van der Waals surface area contributed by atoms with Crippen molar-refractivity contribution in [3.05, 3.63) is 48.2 Å². The molecule has 0 bridgehead atoms.